The van der Waals surface area contributed by atoms with Crippen LogP contribution in [-0.2, 0) is 0 Å². The first-order valence-corrected chi connectivity index (χ1v) is 3.95. The van der Waals surface area contributed by atoms with Crippen molar-refractivity contribution in [2.75, 3.05) is 13.1 Å². The van der Waals surface area contributed by atoms with Crippen LogP contribution >= 0.6 is 0 Å². The SMILES string of the molecule is OC1(C(F)(F)F)CCCCNC1. The maximum atomic E-state index is 12.2. The van der Waals surface area contributed by atoms with Crippen LogP contribution in [0.4, 0.5) is 13.2 Å². The number of rotatable bonds is 0. The molecule has 1 saturated heterocycles. The van der Waals surface area contributed by atoms with Gasteiger partial charge >= 0.3 is 6.18 Å². The summed E-state index contributed by atoms with van der Waals surface area (Å²) in [7, 11) is 0. The molecule has 0 aromatic heterocycles. The van der Waals surface area contributed by atoms with E-state index in [1.54, 1.807) is 0 Å². The fraction of sp³-hybridized carbons (Fsp3) is 1.00. The van der Waals surface area contributed by atoms with Gasteiger partial charge in [-0.1, -0.05) is 0 Å². The van der Waals surface area contributed by atoms with Crippen molar-refractivity contribution < 1.29 is 18.3 Å². The molecule has 1 unspecified atom stereocenters. The van der Waals surface area contributed by atoms with E-state index in [1.807, 2.05) is 0 Å². The zero-order valence-electron chi connectivity index (χ0n) is 6.62. The fourth-order valence-corrected chi connectivity index (χ4v) is 1.29. The second-order valence-corrected chi connectivity index (χ2v) is 3.16. The fourth-order valence-electron chi connectivity index (χ4n) is 1.29. The van der Waals surface area contributed by atoms with Gasteiger partial charge in [0, 0.05) is 6.54 Å². The van der Waals surface area contributed by atoms with Crippen LogP contribution in [0.2, 0.25) is 0 Å². The molecule has 0 radical (unpaired) electrons. The largest absolute Gasteiger partial charge is 0.418 e. The van der Waals surface area contributed by atoms with Crippen LogP contribution in [0.5, 0.6) is 0 Å². The van der Waals surface area contributed by atoms with Gasteiger partial charge in [0.05, 0.1) is 0 Å². The minimum Gasteiger partial charge on any atom is -0.379 e. The number of hydrogen-bond donors (Lipinski definition) is 2. The van der Waals surface area contributed by atoms with Gasteiger partial charge in [-0.15, -0.1) is 0 Å². The molecule has 1 heterocycles. The Kier molecular flexibility index (Phi) is 2.63. The average Bonchev–Trinajstić information content (AvgIpc) is 2.12. The van der Waals surface area contributed by atoms with Gasteiger partial charge in [0.2, 0.25) is 0 Å². The monoisotopic (exact) mass is 183 g/mol. The Morgan fingerprint density at radius 2 is 1.92 bits per heavy atom. The number of aliphatic hydroxyl groups is 1. The maximum absolute atomic E-state index is 12.2. The van der Waals surface area contributed by atoms with E-state index in [2.05, 4.69) is 5.32 Å². The number of nitrogens with one attached hydrogen (secondary N) is 1. The Balaban J connectivity index is 2.67. The van der Waals surface area contributed by atoms with Crippen LogP contribution in [0.1, 0.15) is 19.3 Å². The lowest BCUT2D eigenvalue weighted by molar-refractivity contribution is -0.259. The molecule has 72 valence electrons. The Bertz CT molecular complexity index is 149. The van der Waals surface area contributed by atoms with E-state index in [0.29, 0.717) is 19.4 Å². The predicted octanol–water partition coefficient (Wildman–Crippen LogP) is 1.05. The van der Waals surface area contributed by atoms with Gasteiger partial charge in [-0.2, -0.15) is 13.2 Å². The van der Waals surface area contributed by atoms with Gasteiger partial charge in [-0.05, 0) is 25.8 Å². The van der Waals surface area contributed by atoms with E-state index in [-0.39, 0.29) is 13.0 Å². The summed E-state index contributed by atoms with van der Waals surface area (Å²) >= 11 is 0. The summed E-state index contributed by atoms with van der Waals surface area (Å²) in [6.07, 6.45) is -3.59. The highest BCUT2D eigenvalue weighted by Gasteiger charge is 2.53. The molecule has 1 rings (SSSR count). The molecule has 12 heavy (non-hydrogen) atoms. The average molecular weight is 183 g/mol. The van der Waals surface area contributed by atoms with E-state index in [1.165, 1.54) is 0 Å². The standard InChI is InChI=1S/C7H12F3NO/c8-7(9,10)6(12)3-1-2-4-11-5-6/h11-12H,1-5H2. The lowest BCUT2D eigenvalue weighted by Crippen LogP contribution is -2.51. The first kappa shape index (κ1) is 9.80. The quantitative estimate of drug-likeness (QED) is 0.588. The topological polar surface area (TPSA) is 32.3 Å². The molecule has 2 nitrogen and oxygen atoms in total. The Morgan fingerprint density at radius 1 is 1.25 bits per heavy atom. The first-order valence-electron chi connectivity index (χ1n) is 3.95. The lowest BCUT2D eigenvalue weighted by atomic mass is 9.97. The zero-order valence-corrected chi connectivity index (χ0v) is 6.62. The molecule has 1 fully saturated rings. The van der Waals surface area contributed by atoms with Crippen molar-refractivity contribution >= 4 is 0 Å². The second-order valence-electron chi connectivity index (χ2n) is 3.16. The van der Waals surface area contributed by atoms with Gasteiger partial charge in [0.1, 0.15) is 0 Å². The van der Waals surface area contributed by atoms with Crippen LogP contribution < -0.4 is 5.32 Å². The number of hydrogen-bond acceptors (Lipinski definition) is 2. The van der Waals surface area contributed by atoms with Crippen LogP contribution in [0.25, 0.3) is 0 Å². The summed E-state index contributed by atoms with van der Waals surface area (Å²) < 4.78 is 36.6. The molecule has 5 heteroatoms. The number of halogens is 3. The minimum atomic E-state index is -4.51. The normalized spacial score (nSPS) is 33.0. The summed E-state index contributed by atoms with van der Waals surface area (Å²) in [5, 5.41) is 11.8. The highest BCUT2D eigenvalue weighted by molar-refractivity contribution is 4.90. The van der Waals surface area contributed by atoms with Gasteiger partial charge in [-0.25, -0.2) is 0 Å². The summed E-state index contributed by atoms with van der Waals surface area (Å²) in [6, 6.07) is 0. The molecule has 1 atom stereocenters. The Hall–Kier alpha value is -0.290. The third kappa shape index (κ3) is 1.90. The smallest absolute Gasteiger partial charge is 0.379 e. The lowest BCUT2D eigenvalue weighted by Gasteiger charge is -2.28. The van der Waals surface area contributed by atoms with Crippen molar-refractivity contribution in [3.63, 3.8) is 0 Å². The Morgan fingerprint density at radius 3 is 2.50 bits per heavy atom. The van der Waals surface area contributed by atoms with E-state index in [0.717, 1.165) is 0 Å². The highest BCUT2D eigenvalue weighted by Crippen LogP contribution is 2.34. The van der Waals surface area contributed by atoms with Crippen LogP contribution in [0, 0.1) is 0 Å². The summed E-state index contributed by atoms with van der Waals surface area (Å²) in [4.78, 5) is 0. The molecule has 0 spiro atoms. The molecular weight excluding hydrogens is 171 g/mol. The summed E-state index contributed by atoms with van der Waals surface area (Å²) in [6.45, 7) is 0.175. The van der Waals surface area contributed by atoms with Crippen LogP contribution in [-0.4, -0.2) is 30.0 Å². The molecule has 1 aliphatic heterocycles. The van der Waals surface area contributed by atoms with Crippen molar-refractivity contribution in [2.24, 2.45) is 0 Å². The van der Waals surface area contributed by atoms with Gasteiger partial charge in [0.25, 0.3) is 0 Å². The molecule has 0 aromatic rings. The molecule has 0 aliphatic carbocycles. The number of β-amino-alcohol motifs (C(OH)–C–C–N with tert-alkyl or cyclic N) is 1. The third-order valence-corrected chi connectivity index (χ3v) is 2.14. The first-order chi connectivity index (χ1) is 5.46. The van der Waals surface area contributed by atoms with Gasteiger partial charge in [0.15, 0.2) is 5.60 Å². The van der Waals surface area contributed by atoms with E-state index in [4.69, 9.17) is 0 Å². The molecule has 0 aromatic carbocycles. The van der Waals surface area contributed by atoms with E-state index < -0.39 is 11.8 Å². The summed E-state index contributed by atoms with van der Waals surface area (Å²) in [5.74, 6) is 0. The van der Waals surface area contributed by atoms with Gasteiger partial charge < -0.3 is 10.4 Å². The second kappa shape index (κ2) is 3.22. The molecule has 2 N–H and O–H groups in total. The zero-order chi connectivity index (χ0) is 9.24. The third-order valence-electron chi connectivity index (χ3n) is 2.14. The van der Waals surface area contributed by atoms with Gasteiger partial charge in [-0.3, -0.25) is 0 Å². The van der Waals surface area contributed by atoms with E-state index >= 15 is 0 Å². The van der Waals surface area contributed by atoms with Crippen molar-refractivity contribution in [2.45, 2.75) is 31.0 Å². The maximum Gasteiger partial charge on any atom is 0.418 e. The molecular formula is C7H12F3NO. The van der Waals surface area contributed by atoms with E-state index in [9.17, 15) is 18.3 Å². The molecule has 1 aliphatic rings. The van der Waals surface area contributed by atoms with Crippen LogP contribution in [0.15, 0.2) is 0 Å². The van der Waals surface area contributed by atoms with Crippen molar-refractivity contribution in [3.8, 4) is 0 Å². The Labute approximate surface area is 68.8 Å². The molecule has 0 bridgehead atoms. The molecule has 0 saturated carbocycles. The highest BCUT2D eigenvalue weighted by atomic mass is 19.4. The molecule has 0 amide bonds. The summed E-state index contributed by atoms with van der Waals surface area (Å²) in [5.41, 5.74) is -2.51. The number of alkyl halides is 3. The van der Waals surface area contributed by atoms with Crippen molar-refractivity contribution in [1.82, 2.24) is 5.32 Å². The minimum absolute atomic E-state index is 0.191. The predicted molar refractivity (Wildman–Crippen MR) is 37.7 cm³/mol. The van der Waals surface area contributed by atoms with Crippen molar-refractivity contribution in [3.05, 3.63) is 0 Å². The van der Waals surface area contributed by atoms with Crippen molar-refractivity contribution in [1.29, 1.82) is 0 Å². The van der Waals surface area contributed by atoms with Crippen LogP contribution in [0.3, 0.4) is 0 Å².